The Labute approximate surface area is 142 Å². The standard InChI is InChI=1S/C18H27IN2/c1-3-4-17-12-21(11-14-5-9-16(19)10-6-14)18(2,13-20-17)15-7-8-15/h5-6,9-10,15,17,20H,3-4,7-8,11-13H2,1-2H3. The van der Waals surface area contributed by atoms with Crippen molar-refractivity contribution in [2.75, 3.05) is 13.1 Å². The number of piperazine rings is 1. The second-order valence-electron chi connectivity index (χ2n) is 7.00. The molecule has 2 atom stereocenters. The normalized spacial score (nSPS) is 30.5. The summed E-state index contributed by atoms with van der Waals surface area (Å²) in [5.41, 5.74) is 1.81. The second kappa shape index (κ2) is 6.55. The zero-order valence-corrected chi connectivity index (χ0v) is 15.4. The van der Waals surface area contributed by atoms with Crippen LogP contribution in [0.15, 0.2) is 24.3 Å². The molecule has 0 aromatic heterocycles. The highest BCUT2D eigenvalue weighted by atomic mass is 127. The van der Waals surface area contributed by atoms with E-state index in [-0.39, 0.29) is 0 Å². The molecule has 0 spiro atoms. The Morgan fingerprint density at radius 2 is 2.00 bits per heavy atom. The fourth-order valence-corrected chi connectivity index (χ4v) is 4.07. The second-order valence-corrected chi connectivity index (χ2v) is 8.25. The Balaban J connectivity index is 1.74. The van der Waals surface area contributed by atoms with Crippen LogP contribution in [0.4, 0.5) is 0 Å². The first kappa shape index (κ1) is 15.8. The van der Waals surface area contributed by atoms with Crippen molar-refractivity contribution in [3.05, 3.63) is 33.4 Å². The number of hydrogen-bond acceptors (Lipinski definition) is 2. The summed E-state index contributed by atoms with van der Waals surface area (Å²) in [6.07, 6.45) is 5.40. The number of rotatable bonds is 5. The summed E-state index contributed by atoms with van der Waals surface area (Å²) in [7, 11) is 0. The van der Waals surface area contributed by atoms with Crippen LogP contribution in [0.25, 0.3) is 0 Å². The van der Waals surface area contributed by atoms with Gasteiger partial charge in [-0.15, -0.1) is 0 Å². The Morgan fingerprint density at radius 1 is 1.29 bits per heavy atom. The van der Waals surface area contributed by atoms with E-state index in [1.54, 1.807) is 0 Å². The Bertz CT molecular complexity index is 469. The molecule has 1 aromatic rings. The molecule has 0 radical (unpaired) electrons. The van der Waals surface area contributed by atoms with Gasteiger partial charge in [0.25, 0.3) is 0 Å². The summed E-state index contributed by atoms with van der Waals surface area (Å²) < 4.78 is 1.32. The lowest BCUT2D eigenvalue weighted by atomic mass is 9.88. The van der Waals surface area contributed by atoms with Crippen molar-refractivity contribution >= 4 is 22.6 Å². The van der Waals surface area contributed by atoms with Gasteiger partial charge in [-0.25, -0.2) is 0 Å². The molecule has 3 rings (SSSR count). The van der Waals surface area contributed by atoms with Gasteiger partial charge in [0, 0.05) is 34.8 Å². The van der Waals surface area contributed by atoms with Crippen LogP contribution in [0.1, 0.15) is 45.1 Å². The molecule has 21 heavy (non-hydrogen) atoms. The van der Waals surface area contributed by atoms with Gasteiger partial charge in [0.15, 0.2) is 0 Å². The summed E-state index contributed by atoms with van der Waals surface area (Å²) in [5.74, 6) is 0.899. The van der Waals surface area contributed by atoms with Gasteiger partial charge < -0.3 is 5.32 Å². The van der Waals surface area contributed by atoms with Crippen LogP contribution in [-0.4, -0.2) is 29.6 Å². The molecule has 1 heterocycles. The Kier molecular flexibility index (Phi) is 4.91. The van der Waals surface area contributed by atoms with Gasteiger partial charge in [-0.1, -0.05) is 25.5 Å². The minimum absolute atomic E-state index is 0.354. The molecular formula is C18H27IN2. The Hall–Kier alpha value is -0.130. The third kappa shape index (κ3) is 3.62. The van der Waals surface area contributed by atoms with Gasteiger partial charge >= 0.3 is 0 Å². The summed E-state index contributed by atoms with van der Waals surface area (Å²) in [6, 6.07) is 9.73. The van der Waals surface area contributed by atoms with E-state index in [0.717, 1.165) is 19.0 Å². The highest BCUT2D eigenvalue weighted by Gasteiger charge is 2.47. The number of hydrogen-bond donors (Lipinski definition) is 1. The molecule has 2 aliphatic rings. The average molecular weight is 398 g/mol. The fourth-order valence-electron chi connectivity index (χ4n) is 3.71. The zero-order chi connectivity index (χ0) is 14.9. The average Bonchev–Trinajstić information content (AvgIpc) is 3.30. The largest absolute Gasteiger partial charge is 0.311 e. The topological polar surface area (TPSA) is 15.3 Å². The summed E-state index contributed by atoms with van der Waals surface area (Å²) in [6.45, 7) is 8.23. The summed E-state index contributed by atoms with van der Waals surface area (Å²) in [4.78, 5) is 2.77. The third-order valence-corrected chi connectivity index (χ3v) is 6.01. The van der Waals surface area contributed by atoms with Crippen LogP contribution in [-0.2, 0) is 6.54 Å². The zero-order valence-electron chi connectivity index (χ0n) is 13.2. The maximum Gasteiger partial charge on any atom is 0.0338 e. The van der Waals surface area contributed by atoms with Crippen LogP contribution in [0, 0.1) is 9.49 Å². The van der Waals surface area contributed by atoms with E-state index in [1.165, 1.54) is 41.4 Å². The molecule has 1 N–H and O–H groups in total. The minimum Gasteiger partial charge on any atom is -0.311 e. The highest BCUT2D eigenvalue weighted by molar-refractivity contribution is 14.1. The van der Waals surface area contributed by atoms with E-state index >= 15 is 0 Å². The first-order valence-corrected chi connectivity index (χ1v) is 9.42. The molecule has 1 saturated carbocycles. The maximum atomic E-state index is 3.81. The smallest absolute Gasteiger partial charge is 0.0338 e. The van der Waals surface area contributed by atoms with Crippen molar-refractivity contribution in [2.24, 2.45) is 5.92 Å². The molecule has 1 aliphatic carbocycles. The molecule has 116 valence electrons. The molecular weight excluding hydrogens is 371 g/mol. The van der Waals surface area contributed by atoms with Crippen molar-refractivity contribution in [2.45, 2.75) is 57.7 Å². The molecule has 2 unspecified atom stereocenters. The van der Waals surface area contributed by atoms with Crippen molar-refractivity contribution in [3.63, 3.8) is 0 Å². The molecule has 2 fully saturated rings. The minimum atomic E-state index is 0.354. The quantitative estimate of drug-likeness (QED) is 0.754. The lowest BCUT2D eigenvalue weighted by Gasteiger charge is -2.49. The number of benzene rings is 1. The lowest BCUT2D eigenvalue weighted by Crippen LogP contribution is -2.63. The van der Waals surface area contributed by atoms with E-state index in [4.69, 9.17) is 0 Å². The maximum absolute atomic E-state index is 3.81. The van der Waals surface area contributed by atoms with Gasteiger partial charge in [-0.2, -0.15) is 0 Å². The molecule has 0 amide bonds. The molecule has 3 heteroatoms. The van der Waals surface area contributed by atoms with Gasteiger partial charge in [0.05, 0.1) is 0 Å². The molecule has 0 bridgehead atoms. The van der Waals surface area contributed by atoms with Crippen LogP contribution in [0.3, 0.4) is 0 Å². The first-order valence-electron chi connectivity index (χ1n) is 8.34. The molecule has 1 aliphatic heterocycles. The molecule has 1 aromatic carbocycles. The molecule has 1 saturated heterocycles. The first-order chi connectivity index (χ1) is 10.1. The van der Waals surface area contributed by atoms with Crippen molar-refractivity contribution < 1.29 is 0 Å². The van der Waals surface area contributed by atoms with Gasteiger partial charge in [0.1, 0.15) is 0 Å². The van der Waals surface area contributed by atoms with Gasteiger partial charge in [-0.05, 0) is 72.4 Å². The van der Waals surface area contributed by atoms with Crippen LogP contribution in [0.5, 0.6) is 0 Å². The lowest BCUT2D eigenvalue weighted by molar-refractivity contribution is 0.0260. The third-order valence-electron chi connectivity index (χ3n) is 5.29. The summed E-state index contributed by atoms with van der Waals surface area (Å²) >= 11 is 2.39. The monoisotopic (exact) mass is 398 g/mol. The van der Waals surface area contributed by atoms with E-state index in [2.05, 4.69) is 70.9 Å². The SMILES string of the molecule is CCCC1CN(Cc2ccc(I)cc2)C(C)(C2CC2)CN1. The Morgan fingerprint density at radius 3 is 2.62 bits per heavy atom. The van der Waals surface area contributed by atoms with Crippen molar-refractivity contribution in [3.8, 4) is 0 Å². The highest BCUT2D eigenvalue weighted by Crippen LogP contribution is 2.44. The summed E-state index contributed by atoms with van der Waals surface area (Å²) in [5, 5.41) is 3.81. The van der Waals surface area contributed by atoms with E-state index in [9.17, 15) is 0 Å². The van der Waals surface area contributed by atoms with Crippen LogP contribution in [0.2, 0.25) is 0 Å². The van der Waals surface area contributed by atoms with Gasteiger partial charge in [0.2, 0.25) is 0 Å². The predicted octanol–water partition coefficient (Wildman–Crippen LogP) is 4.03. The van der Waals surface area contributed by atoms with Crippen molar-refractivity contribution in [1.29, 1.82) is 0 Å². The van der Waals surface area contributed by atoms with E-state index in [0.29, 0.717) is 11.6 Å². The molecule has 2 nitrogen and oxygen atoms in total. The van der Waals surface area contributed by atoms with E-state index in [1.807, 2.05) is 0 Å². The predicted molar refractivity (Wildman–Crippen MR) is 97.4 cm³/mol. The number of nitrogens with one attached hydrogen (secondary N) is 1. The van der Waals surface area contributed by atoms with Gasteiger partial charge in [-0.3, -0.25) is 4.90 Å². The number of nitrogens with zero attached hydrogens (tertiary/aromatic N) is 1. The van der Waals surface area contributed by atoms with Crippen LogP contribution < -0.4 is 5.32 Å². The van der Waals surface area contributed by atoms with Crippen LogP contribution >= 0.6 is 22.6 Å². The van der Waals surface area contributed by atoms with E-state index < -0.39 is 0 Å². The number of halogens is 1. The van der Waals surface area contributed by atoms with Crippen molar-refractivity contribution in [1.82, 2.24) is 10.2 Å². The fraction of sp³-hybridized carbons (Fsp3) is 0.667.